The number of guanidine groups is 1. The van der Waals surface area contributed by atoms with Gasteiger partial charge in [-0.2, -0.15) is 0 Å². The van der Waals surface area contributed by atoms with Gasteiger partial charge in [0.2, 0.25) is 0 Å². The molecule has 1 unspecified atom stereocenters. The molecule has 1 aliphatic heterocycles. The van der Waals surface area contributed by atoms with Crippen molar-refractivity contribution in [3.8, 4) is 0 Å². The fourth-order valence-electron chi connectivity index (χ4n) is 1.83. The number of benzene rings is 1. The number of nitrogens with zero attached hydrogens (tertiary/aromatic N) is 1. The molecule has 1 amide bonds. The maximum absolute atomic E-state index is 12.0. The Hall–Kier alpha value is -1.84. The van der Waals surface area contributed by atoms with Gasteiger partial charge in [-0.3, -0.25) is 15.1 Å². The van der Waals surface area contributed by atoms with Crippen molar-refractivity contribution in [1.82, 2.24) is 10.6 Å². The van der Waals surface area contributed by atoms with E-state index < -0.39 is 5.54 Å². The summed E-state index contributed by atoms with van der Waals surface area (Å²) in [5, 5.41) is 5.94. The second kappa shape index (κ2) is 4.57. The standard InChI is InChI=1S/C13H17N3O/c1-3-9-14-12-15-11(17)13(2,16-12)10-7-5-4-6-8-10/h4-8H,3,9H2,1-2H3,(H2,14,15,16,17). The van der Waals surface area contributed by atoms with Crippen molar-refractivity contribution in [3.63, 3.8) is 0 Å². The number of carbonyl (C=O) groups excluding carboxylic acids is 1. The van der Waals surface area contributed by atoms with E-state index in [1.165, 1.54) is 0 Å². The number of amides is 1. The summed E-state index contributed by atoms with van der Waals surface area (Å²) in [6, 6.07) is 9.67. The van der Waals surface area contributed by atoms with Gasteiger partial charge >= 0.3 is 0 Å². The summed E-state index contributed by atoms with van der Waals surface area (Å²) in [7, 11) is 0. The molecule has 90 valence electrons. The van der Waals surface area contributed by atoms with Gasteiger partial charge < -0.3 is 5.32 Å². The van der Waals surface area contributed by atoms with Crippen LogP contribution >= 0.6 is 0 Å². The van der Waals surface area contributed by atoms with Crippen LogP contribution in [0.3, 0.4) is 0 Å². The largest absolute Gasteiger partial charge is 0.338 e. The Kier molecular flexibility index (Phi) is 3.13. The van der Waals surface area contributed by atoms with E-state index in [9.17, 15) is 4.79 Å². The third kappa shape index (κ3) is 2.16. The molecule has 0 bridgehead atoms. The molecule has 0 spiro atoms. The van der Waals surface area contributed by atoms with E-state index in [2.05, 4.69) is 22.5 Å². The molecular weight excluding hydrogens is 214 g/mol. The van der Waals surface area contributed by atoms with Gasteiger partial charge in [0.25, 0.3) is 5.91 Å². The molecule has 4 heteroatoms. The molecule has 1 fully saturated rings. The van der Waals surface area contributed by atoms with Crippen LogP contribution in [0.2, 0.25) is 0 Å². The molecule has 1 heterocycles. The summed E-state index contributed by atoms with van der Waals surface area (Å²) in [5.74, 6) is 0.516. The number of hydrogen-bond acceptors (Lipinski definition) is 2. The highest BCUT2D eigenvalue weighted by molar-refractivity contribution is 6.09. The Morgan fingerprint density at radius 3 is 2.65 bits per heavy atom. The smallest absolute Gasteiger partial charge is 0.256 e. The summed E-state index contributed by atoms with van der Waals surface area (Å²) in [6.07, 6.45) is 0.961. The Labute approximate surface area is 101 Å². The summed E-state index contributed by atoms with van der Waals surface area (Å²) in [5.41, 5.74) is 0.229. The lowest BCUT2D eigenvalue weighted by atomic mass is 9.92. The van der Waals surface area contributed by atoms with Crippen LogP contribution in [0.25, 0.3) is 0 Å². The van der Waals surface area contributed by atoms with Crippen LogP contribution in [-0.4, -0.2) is 18.4 Å². The Bertz CT molecular complexity index is 441. The highest BCUT2D eigenvalue weighted by Crippen LogP contribution is 2.23. The van der Waals surface area contributed by atoms with Crippen molar-refractivity contribution in [3.05, 3.63) is 35.9 Å². The predicted molar refractivity (Wildman–Crippen MR) is 67.7 cm³/mol. The number of rotatable bonds is 3. The average molecular weight is 231 g/mol. The molecule has 1 atom stereocenters. The van der Waals surface area contributed by atoms with Gasteiger partial charge in [-0.1, -0.05) is 37.3 Å². The zero-order chi connectivity index (χ0) is 12.3. The fourth-order valence-corrected chi connectivity index (χ4v) is 1.83. The monoisotopic (exact) mass is 231 g/mol. The quantitative estimate of drug-likeness (QED) is 0.826. The van der Waals surface area contributed by atoms with Gasteiger partial charge in [0.1, 0.15) is 5.54 Å². The highest BCUT2D eigenvalue weighted by atomic mass is 16.2. The first kappa shape index (κ1) is 11.6. The van der Waals surface area contributed by atoms with Crippen molar-refractivity contribution in [2.24, 2.45) is 4.99 Å². The lowest BCUT2D eigenvalue weighted by molar-refractivity contribution is -0.123. The second-order valence-corrected chi connectivity index (χ2v) is 4.30. The molecular formula is C13H17N3O. The molecule has 0 saturated carbocycles. The normalized spacial score (nSPS) is 25.8. The van der Waals surface area contributed by atoms with Gasteiger partial charge in [-0.25, -0.2) is 0 Å². The maximum Gasteiger partial charge on any atom is 0.256 e. The topological polar surface area (TPSA) is 53.5 Å². The number of hydrogen-bond donors (Lipinski definition) is 2. The van der Waals surface area contributed by atoms with Crippen molar-refractivity contribution in [2.45, 2.75) is 25.8 Å². The van der Waals surface area contributed by atoms with Crippen LogP contribution in [0.1, 0.15) is 25.8 Å². The van der Waals surface area contributed by atoms with Crippen LogP contribution in [-0.2, 0) is 10.3 Å². The highest BCUT2D eigenvalue weighted by Gasteiger charge is 2.41. The van der Waals surface area contributed by atoms with Crippen LogP contribution in [0.15, 0.2) is 35.3 Å². The van der Waals surface area contributed by atoms with Gasteiger partial charge in [0.15, 0.2) is 5.96 Å². The summed E-state index contributed by atoms with van der Waals surface area (Å²) >= 11 is 0. The first-order chi connectivity index (χ1) is 8.16. The van der Waals surface area contributed by atoms with E-state index >= 15 is 0 Å². The van der Waals surface area contributed by atoms with Crippen molar-refractivity contribution < 1.29 is 4.79 Å². The van der Waals surface area contributed by atoms with Crippen LogP contribution in [0.5, 0.6) is 0 Å². The van der Waals surface area contributed by atoms with Gasteiger partial charge in [0, 0.05) is 6.54 Å². The number of aliphatic imine (C=N–C) groups is 1. The second-order valence-electron chi connectivity index (χ2n) is 4.30. The maximum atomic E-state index is 12.0. The minimum atomic E-state index is -0.714. The Morgan fingerprint density at radius 2 is 2.00 bits per heavy atom. The molecule has 4 nitrogen and oxygen atoms in total. The van der Waals surface area contributed by atoms with Gasteiger partial charge in [-0.05, 0) is 18.9 Å². The van der Waals surface area contributed by atoms with Gasteiger partial charge in [0.05, 0.1) is 0 Å². The third-order valence-electron chi connectivity index (χ3n) is 2.90. The molecule has 1 aliphatic rings. The summed E-state index contributed by atoms with van der Waals surface area (Å²) in [4.78, 5) is 16.3. The third-order valence-corrected chi connectivity index (χ3v) is 2.90. The van der Waals surface area contributed by atoms with E-state index in [1.807, 2.05) is 37.3 Å². The van der Waals surface area contributed by atoms with Crippen molar-refractivity contribution in [2.75, 3.05) is 6.54 Å². The molecule has 1 saturated heterocycles. The van der Waals surface area contributed by atoms with E-state index in [0.29, 0.717) is 12.5 Å². The number of nitrogens with one attached hydrogen (secondary N) is 2. The SMILES string of the molecule is CCCN=C1NC(=O)C(C)(c2ccccc2)N1. The average Bonchev–Trinajstić information content (AvgIpc) is 2.65. The Morgan fingerprint density at radius 1 is 1.29 bits per heavy atom. The van der Waals surface area contributed by atoms with Crippen molar-refractivity contribution in [1.29, 1.82) is 0 Å². The fraction of sp³-hybridized carbons (Fsp3) is 0.385. The van der Waals surface area contributed by atoms with Crippen LogP contribution in [0, 0.1) is 0 Å². The first-order valence-corrected chi connectivity index (χ1v) is 5.86. The van der Waals surface area contributed by atoms with E-state index in [0.717, 1.165) is 12.0 Å². The predicted octanol–water partition coefficient (Wildman–Crippen LogP) is 1.39. The minimum Gasteiger partial charge on any atom is -0.338 e. The lowest BCUT2D eigenvalue weighted by Gasteiger charge is -2.21. The zero-order valence-electron chi connectivity index (χ0n) is 10.2. The number of carbonyl (C=O) groups is 1. The van der Waals surface area contributed by atoms with Gasteiger partial charge in [-0.15, -0.1) is 0 Å². The molecule has 1 aromatic rings. The van der Waals surface area contributed by atoms with Crippen molar-refractivity contribution >= 4 is 11.9 Å². The van der Waals surface area contributed by atoms with E-state index in [4.69, 9.17) is 0 Å². The Balaban J connectivity index is 2.25. The summed E-state index contributed by atoms with van der Waals surface area (Å²) < 4.78 is 0. The molecule has 17 heavy (non-hydrogen) atoms. The molecule has 2 rings (SSSR count). The lowest BCUT2D eigenvalue weighted by Crippen LogP contribution is -2.40. The molecule has 0 radical (unpaired) electrons. The molecule has 0 aromatic heterocycles. The van der Waals surface area contributed by atoms with Crippen LogP contribution in [0.4, 0.5) is 0 Å². The first-order valence-electron chi connectivity index (χ1n) is 5.86. The molecule has 0 aliphatic carbocycles. The molecule has 1 aromatic carbocycles. The zero-order valence-corrected chi connectivity index (χ0v) is 10.2. The summed E-state index contributed by atoms with van der Waals surface area (Å²) in [6.45, 7) is 4.64. The van der Waals surface area contributed by atoms with E-state index in [1.54, 1.807) is 0 Å². The van der Waals surface area contributed by atoms with E-state index in [-0.39, 0.29) is 5.91 Å². The minimum absolute atomic E-state index is 0.0569. The molecule has 2 N–H and O–H groups in total. The van der Waals surface area contributed by atoms with Crippen LogP contribution < -0.4 is 10.6 Å².